The molecule has 1 fully saturated rings. The summed E-state index contributed by atoms with van der Waals surface area (Å²) >= 11 is 0. The van der Waals surface area contributed by atoms with Crippen molar-refractivity contribution in [2.75, 3.05) is 0 Å². The van der Waals surface area contributed by atoms with E-state index in [0.717, 1.165) is 37.5 Å². The van der Waals surface area contributed by atoms with Crippen molar-refractivity contribution in [3.63, 3.8) is 0 Å². The molecular formula is C22H42O. The summed E-state index contributed by atoms with van der Waals surface area (Å²) in [6.45, 7) is 9.39. The molecule has 1 aliphatic carbocycles. The van der Waals surface area contributed by atoms with Gasteiger partial charge in [0.25, 0.3) is 0 Å². The molecule has 0 saturated heterocycles. The minimum Gasteiger partial charge on any atom is -0.300 e. The summed E-state index contributed by atoms with van der Waals surface area (Å²) in [5, 5.41) is 0. The number of hydrogen-bond donors (Lipinski definition) is 0. The highest BCUT2D eigenvalue weighted by atomic mass is 16.1. The average Bonchev–Trinajstić information content (AvgIpc) is 2.51. The zero-order chi connectivity index (χ0) is 17.1. The molecule has 1 saturated carbocycles. The number of rotatable bonds is 11. The van der Waals surface area contributed by atoms with E-state index in [9.17, 15) is 4.79 Å². The van der Waals surface area contributed by atoms with E-state index in [1.165, 1.54) is 64.2 Å². The predicted octanol–water partition coefficient (Wildman–Crippen LogP) is 7.33. The summed E-state index contributed by atoms with van der Waals surface area (Å²) in [4.78, 5) is 12.0. The van der Waals surface area contributed by atoms with E-state index in [1.54, 1.807) is 0 Å². The van der Waals surface area contributed by atoms with E-state index in [4.69, 9.17) is 0 Å². The topological polar surface area (TPSA) is 17.1 Å². The molecule has 136 valence electrons. The maximum atomic E-state index is 12.0. The molecule has 0 amide bonds. The van der Waals surface area contributed by atoms with Crippen LogP contribution in [-0.4, -0.2) is 5.78 Å². The van der Waals surface area contributed by atoms with Gasteiger partial charge in [-0.25, -0.2) is 0 Å². The quantitative estimate of drug-likeness (QED) is 0.364. The molecule has 0 unspecified atom stereocenters. The van der Waals surface area contributed by atoms with E-state index >= 15 is 0 Å². The zero-order valence-electron chi connectivity index (χ0n) is 16.5. The summed E-state index contributed by atoms with van der Waals surface area (Å²) in [5.74, 6) is 2.24. The number of carbonyl (C=O) groups excluding carboxylic acids is 1. The molecule has 0 aromatic carbocycles. The van der Waals surface area contributed by atoms with Crippen LogP contribution in [-0.2, 0) is 4.79 Å². The van der Waals surface area contributed by atoms with Crippen LogP contribution < -0.4 is 0 Å². The normalized spacial score (nSPS) is 22.3. The maximum absolute atomic E-state index is 12.0. The van der Waals surface area contributed by atoms with Crippen molar-refractivity contribution in [3.8, 4) is 0 Å². The Kier molecular flexibility index (Phi) is 10.1. The van der Waals surface area contributed by atoms with E-state index in [-0.39, 0.29) is 0 Å². The van der Waals surface area contributed by atoms with Crippen molar-refractivity contribution >= 4 is 5.78 Å². The Morgan fingerprint density at radius 1 is 0.826 bits per heavy atom. The van der Waals surface area contributed by atoms with E-state index in [2.05, 4.69) is 27.7 Å². The van der Waals surface area contributed by atoms with E-state index in [0.29, 0.717) is 11.2 Å². The third-order valence-electron chi connectivity index (χ3n) is 5.96. The highest BCUT2D eigenvalue weighted by Gasteiger charge is 2.29. The van der Waals surface area contributed by atoms with Crippen LogP contribution >= 0.6 is 0 Å². The molecule has 1 aliphatic rings. The molecule has 0 radical (unpaired) electrons. The van der Waals surface area contributed by atoms with Crippen LogP contribution in [0.1, 0.15) is 118 Å². The second kappa shape index (κ2) is 11.3. The van der Waals surface area contributed by atoms with Crippen molar-refractivity contribution in [2.45, 2.75) is 118 Å². The van der Waals surface area contributed by atoms with Gasteiger partial charge in [-0.3, -0.25) is 4.79 Å². The van der Waals surface area contributed by atoms with Crippen LogP contribution in [0.2, 0.25) is 0 Å². The number of unbranched alkanes of at least 4 members (excludes halogenated alkanes) is 6. The fraction of sp³-hybridized carbons (Fsp3) is 0.955. The smallest absolute Gasteiger partial charge is 0.132 e. The lowest BCUT2D eigenvalue weighted by atomic mass is 9.69. The Morgan fingerprint density at radius 3 is 1.96 bits per heavy atom. The second-order valence-electron chi connectivity index (χ2n) is 9.03. The van der Waals surface area contributed by atoms with Gasteiger partial charge in [0.1, 0.15) is 5.78 Å². The number of ketones is 1. The van der Waals surface area contributed by atoms with Crippen LogP contribution in [0.3, 0.4) is 0 Å². The number of carbonyl (C=O) groups is 1. The SMILES string of the molecule is CCCCCCCCCC(=O)CCC1CCC(C(C)(C)C)CC1. The first-order valence-electron chi connectivity index (χ1n) is 10.4. The highest BCUT2D eigenvalue weighted by molar-refractivity contribution is 5.78. The van der Waals surface area contributed by atoms with Gasteiger partial charge >= 0.3 is 0 Å². The monoisotopic (exact) mass is 322 g/mol. The minimum absolute atomic E-state index is 0.470. The fourth-order valence-corrected chi connectivity index (χ4v) is 4.09. The van der Waals surface area contributed by atoms with Gasteiger partial charge in [0.2, 0.25) is 0 Å². The lowest BCUT2D eigenvalue weighted by molar-refractivity contribution is -0.119. The molecule has 0 heterocycles. The lowest BCUT2D eigenvalue weighted by Gasteiger charge is -2.37. The number of Topliss-reactive ketones (excluding diaryl/α,β-unsaturated/α-hetero) is 1. The molecule has 23 heavy (non-hydrogen) atoms. The van der Waals surface area contributed by atoms with Gasteiger partial charge in [0.15, 0.2) is 0 Å². The zero-order valence-corrected chi connectivity index (χ0v) is 16.5. The highest BCUT2D eigenvalue weighted by Crippen LogP contribution is 2.40. The summed E-state index contributed by atoms with van der Waals surface area (Å²) < 4.78 is 0. The van der Waals surface area contributed by atoms with Crippen LogP contribution in [0.25, 0.3) is 0 Å². The molecule has 0 aromatic rings. The largest absolute Gasteiger partial charge is 0.300 e. The van der Waals surface area contributed by atoms with Crippen LogP contribution in [0, 0.1) is 17.3 Å². The molecule has 0 atom stereocenters. The Hall–Kier alpha value is -0.330. The van der Waals surface area contributed by atoms with E-state index < -0.39 is 0 Å². The van der Waals surface area contributed by atoms with E-state index in [1.807, 2.05) is 0 Å². The molecule has 1 heteroatoms. The predicted molar refractivity (Wildman–Crippen MR) is 102 cm³/mol. The second-order valence-corrected chi connectivity index (χ2v) is 9.03. The summed E-state index contributed by atoms with van der Waals surface area (Å²) in [5.41, 5.74) is 0.470. The Bertz CT molecular complexity index is 304. The van der Waals surface area contributed by atoms with Gasteiger partial charge in [-0.05, 0) is 42.9 Å². The van der Waals surface area contributed by atoms with Gasteiger partial charge in [-0.15, -0.1) is 0 Å². The van der Waals surface area contributed by atoms with Gasteiger partial charge in [0.05, 0.1) is 0 Å². The molecule has 0 N–H and O–H groups in total. The van der Waals surface area contributed by atoms with Gasteiger partial charge in [-0.1, -0.05) is 79.1 Å². The van der Waals surface area contributed by atoms with Crippen LogP contribution in [0.5, 0.6) is 0 Å². The van der Waals surface area contributed by atoms with Gasteiger partial charge in [0, 0.05) is 12.8 Å². The average molecular weight is 323 g/mol. The van der Waals surface area contributed by atoms with Crippen molar-refractivity contribution in [3.05, 3.63) is 0 Å². The standard InChI is InChI=1S/C22H42O/c1-5-6-7-8-9-10-11-12-21(23)18-15-19-13-16-20(17-14-19)22(2,3)4/h19-20H,5-18H2,1-4H3. The molecule has 1 nitrogen and oxygen atoms in total. The van der Waals surface area contributed by atoms with Crippen molar-refractivity contribution in [1.82, 2.24) is 0 Å². The first-order valence-corrected chi connectivity index (χ1v) is 10.4. The first kappa shape index (κ1) is 20.7. The summed E-state index contributed by atoms with van der Waals surface area (Å²) in [6, 6.07) is 0. The Labute approximate surface area is 146 Å². The molecule has 0 spiro atoms. The molecular weight excluding hydrogens is 280 g/mol. The maximum Gasteiger partial charge on any atom is 0.132 e. The molecule has 0 aliphatic heterocycles. The van der Waals surface area contributed by atoms with Crippen molar-refractivity contribution in [1.29, 1.82) is 0 Å². The molecule has 1 rings (SSSR count). The summed E-state index contributed by atoms with van der Waals surface area (Å²) in [7, 11) is 0. The molecule has 0 aromatic heterocycles. The van der Waals surface area contributed by atoms with Gasteiger partial charge in [-0.2, -0.15) is 0 Å². The van der Waals surface area contributed by atoms with Gasteiger partial charge < -0.3 is 0 Å². The van der Waals surface area contributed by atoms with Crippen LogP contribution in [0.4, 0.5) is 0 Å². The number of hydrogen-bond acceptors (Lipinski definition) is 1. The summed E-state index contributed by atoms with van der Waals surface area (Å²) in [6.07, 6.45) is 17.4. The molecule has 0 bridgehead atoms. The van der Waals surface area contributed by atoms with Crippen LogP contribution in [0.15, 0.2) is 0 Å². The fourth-order valence-electron chi connectivity index (χ4n) is 4.09. The van der Waals surface area contributed by atoms with Crippen molar-refractivity contribution in [2.24, 2.45) is 17.3 Å². The Balaban J connectivity index is 2.00. The third-order valence-corrected chi connectivity index (χ3v) is 5.96. The first-order chi connectivity index (χ1) is 10.9. The minimum atomic E-state index is 0.470. The Morgan fingerprint density at radius 2 is 1.39 bits per heavy atom. The third kappa shape index (κ3) is 9.52. The van der Waals surface area contributed by atoms with Crippen molar-refractivity contribution < 1.29 is 4.79 Å². The lowest BCUT2D eigenvalue weighted by Crippen LogP contribution is -2.26.